The smallest absolute Gasteiger partial charge is 0.264 e. The molecule has 3 heterocycles. The summed E-state index contributed by atoms with van der Waals surface area (Å²) in [7, 11) is 0. The zero-order chi connectivity index (χ0) is 49.6. The molecule has 0 amide bonds. The van der Waals surface area contributed by atoms with Crippen molar-refractivity contribution in [3.8, 4) is 22.3 Å². The predicted octanol–water partition coefficient (Wildman–Crippen LogP) is 17.2. The number of rotatable bonds is 4. The molecule has 11 rings (SSSR count). The van der Waals surface area contributed by atoms with Gasteiger partial charge in [-0.05, 0) is 169 Å². The highest BCUT2D eigenvalue weighted by Crippen LogP contribution is 2.54. The summed E-state index contributed by atoms with van der Waals surface area (Å²) in [4.78, 5) is 5.39. The number of hydrogen-bond acceptors (Lipinski definition) is 3. The molecule has 0 saturated carbocycles. The average molecular weight is 935 g/mol. The number of fused-ring (bicyclic) bond motifs is 7. The summed E-state index contributed by atoms with van der Waals surface area (Å²) in [6.45, 7) is 35.5. The Hall–Kier alpha value is -5.84. The molecule has 2 aliphatic heterocycles. The lowest BCUT2D eigenvalue weighted by Crippen LogP contribution is -2.60. The van der Waals surface area contributed by atoms with Gasteiger partial charge < -0.3 is 9.80 Å². The number of thiophene rings is 1. The summed E-state index contributed by atoms with van der Waals surface area (Å²) >= 11 is 2.02. The largest absolute Gasteiger partial charge is 0.311 e. The van der Waals surface area contributed by atoms with Crippen LogP contribution in [-0.2, 0) is 27.1 Å². The van der Waals surface area contributed by atoms with Gasteiger partial charge in [-0.25, -0.2) is 0 Å². The Kier molecular flexibility index (Phi) is 10.5. The van der Waals surface area contributed by atoms with Crippen LogP contribution in [0.1, 0.15) is 142 Å². The van der Waals surface area contributed by atoms with E-state index in [-0.39, 0.29) is 33.8 Å². The first-order valence-corrected chi connectivity index (χ1v) is 26.7. The third kappa shape index (κ3) is 7.41. The summed E-state index contributed by atoms with van der Waals surface area (Å²) in [5.74, 6) is 0. The molecule has 0 fully saturated rings. The van der Waals surface area contributed by atoms with Crippen LogP contribution in [0.25, 0.3) is 32.3 Å². The maximum atomic E-state index is 2.71. The van der Waals surface area contributed by atoms with Gasteiger partial charge in [0.25, 0.3) is 6.71 Å². The van der Waals surface area contributed by atoms with Gasteiger partial charge in [0, 0.05) is 43.2 Å². The maximum Gasteiger partial charge on any atom is 0.264 e. The molecule has 354 valence electrons. The summed E-state index contributed by atoms with van der Waals surface area (Å²) < 4.78 is 2.77. The molecule has 7 aromatic carbocycles. The van der Waals surface area contributed by atoms with Crippen molar-refractivity contribution in [3.63, 3.8) is 0 Å². The molecule has 4 heteroatoms. The van der Waals surface area contributed by atoms with Crippen LogP contribution in [-0.4, -0.2) is 6.71 Å². The Bertz CT molecular complexity index is 3400. The van der Waals surface area contributed by atoms with Gasteiger partial charge in [0.1, 0.15) is 0 Å². The molecule has 0 saturated heterocycles. The molecule has 0 radical (unpaired) electrons. The van der Waals surface area contributed by atoms with Crippen molar-refractivity contribution >= 4 is 78.0 Å². The van der Waals surface area contributed by atoms with Gasteiger partial charge in [-0.15, -0.1) is 11.3 Å². The van der Waals surface area contributed by atoms with Crippen LogP contribution in [0.2, 0.25) is 0 Å². The first-order valence-electron chi connectivity index (χ1n) is 25.8. The highest BCUT2D eigenvalue weighted by molar-refractivity contribution is 7.33. The molecular formula is C66H71BN2S. The number of aryl methyl sites for hydroxylation is 2. The second-order valence-electron chi connectivity index (χ2n) is 25.4. The average Bonchev–Trinajstić information content (AvgIpc) is 3.68. The van der Waals surface area contributed by atoms with Crippen molar-refractivity contribution in [1.29, 1.82) is 0 Å². The fourth-order valence-electron chi connectivity index (χ4n) is 12.1. The SMILES string of the molecule is Cc1cccc(C)c1-c1cc2c3c(c1)N(c1ccc4c(c1)C(C)(C)CCC4(C)C)c1c(sc4cc(C(C)(C)C)ccc14)B3c1ccc(C(C)(C)C)cc1N2c1ccc(C(C)(C)C)cc1-c1ccccc1. The topological polar surface area (TPSA) is 6.48 Å². The first-order chi connectivity index (χ1) is 32.9. The van der Waals surface area contributed by atoms with Crippen molar-refractivity contribution in [2.45, 2.75) is 144 Å². The highest BCUT2D eigenvalue weighted by Gasteiger charge is 2.47. The molecule has 0 unspecified atom stereocenters. The van der Waals surface area contributed by atoms with Crippen molar-refractivity contribution in [2.24, 2.45) is 0 Å². The maximum absolute atomic E-state index is 2.71. The molecule has 0 spiro atoms. The van der Waals surface area contributed by atoms with E-state index in [0.717, 1.165) is 6.42 Å². The Balaban J connectivity index is 1.32. The van der Waals surface area contributed by atoms with Gasteiger partial charge in [0.15, 0.2) is 0 Å². The molecule has 3 aliphatic rings. The Morgan fingerprint density at radius 3 is 1.74 bits per heavy atom. The zero-order valence-corrected chi connectivity index (χ0v) is 45.3. The second kappa shape index (κ2) is 15.8. The minimum Gasteiger partial charge on any atom is -0.311 e. The summed E-state index contributed by atoms with van der Waals surface area (Å²) in [6, 6.07) is 52.7. The Morgan fingerprint density at radius 1 is 0.500 bits per heavy atom. The predicted molar refractivity (Wildman–Crippen MR) is 308 cm³/mol. The molecular weight excluding hydrogens is 864 g/mol. The van der Waals surface area contributed by atoms with Crippen LogP contribution >= 0.6 is 11.3 Å². The molecule has 0 bridgehead atoms. The van der Waals surface area contributed by atoms with Gasteiger partial charge in [-0.1, -0.05) is 175 Å². The Labute approximate surface area is 423 Å². The second-order valence-corrected chi connectivity index (χ2v) is 26.5. The fourth-order valence-corrected chi connectivity index (χ4v) is 13.5. The van der Waals surface area contributed by atoms with Crippen LogP contribution in [0.3, 0.4) is 0 Å². The minimum absolute atomic E-state index is 0.0149. The van der Waals surface area contributed by atoms with Crippen molar-refractivity contribution in [2.75, 3.05) is 9.80 Å². The van der Waals surface area contributed by atoms with Gasteiger partial charge in [-0.3, -0.25) is 0 Å². The highest BCUT2D eigenvalue weighted by atomic mass is 32.1. The monoisotopic (exact) mass is 935 g/mol. The summed E-state index contributed by atoms with van der Waals surface area (Å²) in [5, 5.41) is 1.33. The van der Waals surface area contributed by atoms with Crippen molar-refractivity contribution in [3.05, 3.63) is 172 Å². The number of nitrogens with zero attached hydrogens (tertiary/aromatic N) is 2. The van der Waals surface area contributed by atoms with E-state index in [4.69, 9.17) is 0 Å². The molecule has 8 aromatic rings. The number of hydrogen-bond donors (Lipinski definition) is 0. The standard InChI is InChI=1S/C66H71BN2S/c1-40-20-19-21-41(2)58(40)43-34-55-59-56(35-43)69(53-31-26-44(62(3,4)5)36-49(53)42-22-17-16-18-23-42)54-37-45(63(6,7)8)25-30-52(54)67(59)61-60(48-28-24-46(64(9,10)11)38-57(48)70-61)68(55)47-27-29-50-51(39-47)66(14,15)33-32-65(50,12)13/h16-31,34-39H,32-33H2,1-15H3. The first kappa shape index (κ1) is 46.5. The van der Waals surface area contributed by atoms with E-state index in [1.54, 1.807) is 0 Å². The van der Waals surface area contributed by atoms with E-state index in [0.29, 0.717) is 0 Å². The molecule has 1 aromatic heterocycles. The van der Waals surface area contributed by atoms with E-state index in [1.807, 2.05) is 11.3 Å². The molecule has 1 aliphatic carbocycles. The number of benzene rings is 7. The van der Waals surface area contributed by atoms with E-state index in [1.165, 1.54) is 128 Å². The third-order valence-corrected chi connectivity index (χ3v) is 17.7. The normalized spacial score (nSPS) is 16.0. The molecule has 0 N–H and O–H groups in total. The third-order valence-electron chi connectivity index (χ3n) is 16.4. The van der Waals surface area contributed by atoms with E-state index in [9.17, 15) is 0 Å². The van der Waals surface area contributed by atoms with Crippen molar-refractivity contribution in [1.82, 2.24) is 0 Å². The molecule has 0 atom stereocenters. The summed E-state index contributed by atoms with van der Waals surface area (Å²) in [5.41, 5.74) is 25.0. The quantitative estimate of drug-likeness (QED) is 0.162. The van der Waals surface area contributed by atoms with Gasteiger partial charge in [0.2, 0.25) is 0 Å². The Morgan fingerprint density at radius 2 is 1.09 bits per heavy atom. The fraction of sp³-hybridized carbons (Fsp3) is 0.333. The van der Waals surface area contributed by atoms with Crippen LogP contribution in [0.4, 0.5) is 34.1 Å². The lowest BCUT2D eigenvalue weighted by Gasteiger charge is -2.45. The summed E-state index contributed by atoms with van der Waals surface area (Å²) in [6.07, 6.45) is 2.35. The van der Waals surface area contributed by atoms with Crippen LogP contribution in [0.5, 0.6) is 0 Å². The van der Waals surface area contributed by atoms with Crippen LogP contribution in [0.15, 0.2) is 133 Å². The molecule has 70 heavy (non-hydrogen) atoms. The van der Waals surface area contributed by atoms with Gasteiger partial charge >= 0.3 is 0 Å². The minimum atomic E-state index is -0.0606. The lowest BCUT2D eigenvalue weighted by atomic mass is 9.36. The van der Waals surface area contributed by atoms with Crippen LogP contribution < -0.4 is 25.5 Å². The molecule has 2 nitrogen and oxygen atoms in total. The lowest BCUT2D eigenvalue weighted by molar-refractivity contribution is 0.332. The number of anilines is 6. The van der Waals surface area contributed by atoms with Crippen LogP contribution in [0, 0.1) is 13.8 Å². The van der Waals surface area contributed by atoms with Gasteiger partial charge in [0.05, 0.1) is 11.4 Å². The van der Waals surface area contributed by atoms with Crippen molar-refractivity contribution < 1.29 is 0 Å². The van der Waals surface area contributed by atoms with E-state index in [2.05, 4.69) is 247 Å². The zero-order valence-electron chi connectivity index (χ0n) is 44.5. The van der Waals surface area contributed by atoms with Gasteiger partial charge in [-0.2, -0.15) is 0 Å². The van der Waals surface area contributed by atoms with E-state index < -0.39 is 0 Å². The van der Waals surface area contributed by atoms with E-state index >= 15 is 0 Å².